The molecular weight excluding hydrogens is 256 g/mol. The van der Waals surface area contributed by atoms with E-state index < -0.39 is 23.8 Å². The third-order valence-corrected chi connectivity index (χ3v) is 7.18. The Hall–Kier alpha value is -0.160. The molecule has 2 spiro atoms. The molecule has 0 aromatic carbocycles. The maximum absolute atomic E-state index is 10.7. The minimum atomic E-state index is -0.847. The summed E-state index contributed by atoms with van der Waals surface area (Å²) in [6.45, 7) is 0. The lowest BCUT2D eigenvalue weighted by Gasteiger charge is -2.54. The smallest absolute Gasteiger partial charge is 0.185 e. The average Bonchev–Trinajstić information content (AvgIpc) is 3.16. The van der Waals surface area contributed by atoms with E-state index in [9.17, 15) is 10.2 Å². The molecule has 4 saturated carbocycles. The molecule has 5 fully saturated rings. The fourth-order valence-corrected chi connectivity index (χ4v) is 6.27. The summed E-state index contributed by atoms with van der Waals surface area (Å²) in [6, 6.07) is 0. The van der Waals surface area contributed by atoms with E-state index >= 15 is 0 Å². The summed E-state index contributed by atoms with van der Waals surface area (Å²) in [5.74, 6) is 2.04. The molecule has 1 heterocycles. The predicted octanol–water partition coefficient (Wildman–Crippen LogP) is 1.79. The second-order valence-electron chi connectivity index (χ2n) is 8.01. The van der Waals surface area contributed by atoms with Crippen molar-refractivity contribution in [2.75, 3.05) is 0 Å². The fourth-order valence-electron chi connectivity index (χ4n) is 6.27. The van der Waals surface area contributed by atoms with E-state index in [4.69, 9.17) is 9.47 Å². The molecule has 2 N–H and O–H groups in total. The molecule has 112 valence electrons. The second kappa shape index (κ2) is 3.78. The topological polar surface area (TPSA) is 58.9 Å². The number of hydrogen-bond acceptors (Lipinski definition) is 4. The van der Waals surface area contributed by atoms with Crippen LogP contribution < -0.4 is 0 Å². The van der Waals surface area contributed by atoms with Crippen molar-refractivity contribution in [1.29, 1.82) is 0 Å². The van der Waals surface area contributed by atoms with Crippen LogP contribution in [-0.2, 0) is 9.47 Å². The molecular formula is C16H24O4. The molecule has 5 rings (SSSR count). The summed E-state index contributed by atoms with van der Waals surface area (Å²) in [7, 11) is 0. The van der Waals surface area contributed by atoms with Crippen LogP contribution in [-0.4, -0.2) is 34.0 Å². The third kappa shape index (κ3) is 1.32. The number of aliphatic hydroxyl groups is 2. The molecule has 20 heavy (non-hydrogen) atoms. The Labute approximate surface area is 119 Å². The SMILES string of the molecule is OC1OC2(CC3CCC2C3)C(O)OC12CC1CCC2C1. The largest absolute Gasteiger partial charge is 0.366 e. The Bertz CT molecular complexity index is 400. The van der Waals surface area contributed by atoms with Crippen molar-refractivity contribution in [3.8, 4) is 0 Å². The van der Waals surface area contributed by atoms with Crippen molar-refractivity contribution in [2.24, 2.45) is 23.7 Å². The zero-order valence-electron chi connectivity index (χ0n) is 11.8. The maximum Gasteiger partial charge on any atom is 0.185 e. The van der Waals surface area contributed by atoms with E-state index in [0.29, 0.717) is 23.7 Å². The normalized spacial score (nSPS) is 63.9. The van der Waals surface area contributed by atoms with E-state index in [1.165, 1.54) is 12.8 Å². The zero-order chi connectivity index (χ0) is 13.5. The van der Waals surface area contributed by atoms with Gasteiger partial charge < -0.3 is 19.7 Å². The Balaban J connectivity index is 1.46. The van der Waals surface area contributed by atoms with Crippen LogP contribution in [0, 0.1) is 23.7 Å². The summed E-state index contributed by atoms with van der Waals surface area (Å²) < 4.78 is 12.3. The van der Waals surface area contributed by atoms with E-state index in [0.717, 1.165) is 38.5 Å². The van der Waals surface area contributed by atoms with Gasteiger partial charge in [0, 0.05) is 0 Å². The number of fused-ring (bicyclic) bond motifs is 6. The first-order valence-corrected chi connectivity index (χ1v) is 8.34. The van der Waals surface area contributed by atoms with Crippen LogP contribution in [0.1, 0.15) is 51.4 Å². The second-order valence-corrected chi connectivity index (χ2v) is 8.01. The molecule has 1 saturated heterocycles. The van der Waals surface area contributed by atoms with Crippen LogP contribution in [0.4, 0.5) is 0 Å². The number of hydrogen-bond donors (Lipinski definition) is 2. The van der Waals surface area contributed by atoms with Crippen molar-refractivity contribution in [3.05, 3.63) is 0 Å². The van der Waals surface area contributed by atoms with Gasteiger partial charge in [0.25, 0.3) is 0 Å². The van der Waals surface area contributed by atoms with Crippen LogP contribution in [0.5, 0.6) is 0 Å². The first kappa shape index (κ1) is 12.4. The van der Waals surface area contributed by atoms with E-state index in [1.807, 2.05) is 0 Å². The van der Waals surface area contributed by atoms with Crippen molar-refractivity contribution < 1.29 is 19.7 Å². The Morgan fingerprint density at radius 1 is 0.700 bits per heavy atom. The molecule has 4 heteroatoms. The van der Waals surface area contributed by atoms with Gasteiger partial charge in [-0.3, -0.25) is 0 Å². The van der Waals surface area contributed by atoms with Gasteiger partial charge in [-0.25, -0.2) is 0 Å². The van der Waals surface area contributed by atoms with Gasteiger partial charge in [0.2, 0.25) is 0 Å². The average molecular weight is 280 g/mol. The summed E-state index contributed by atoms with van der Waals surface area (Å²) >= 11 is 0. The van der Waals surface area contributed by atoms with Crippen molar-refractivity contribution in [1.82, 2.24) is 0 Å². The number of rotatable bonds is 0. The van der Waals surface area contributed by atoms with Crippen LogP contribution in [0.3, 0.4) is 0 Å². The van der Waals surface area contributed by atoms with Gasteiger partial charge in [-0.2, -0.15) is 0 Å². The van der Waals surface area contributed by atoms with Crippen molar-refractivity contribution >= 4 is 0 Å². The zero-order valence-corrected chi connectivity index (χ0v) is 11.8. The molecule has 8 unspecified atom stereocenters. The van der Waals surface area contributed by atoms with Gasteiger partial charge in [0.1, 0.15) is 11.2 Å². The molecule has 1 aliphatic heterocycles. The highest BCUT2D eigenvalue weighted by atomic mass is 16.7. The summed E-state index contributed by atoms with van der Waals surface area (Å²) in [6.07, 6.45) is 7.00. The molecule has 4 aliphatic carbocycles. The van der Waals surface area contributed by atoms with Gasteiger partial charge in [0.05, 0.1) is 0 Å². The van der Waals surface area contributed by atoms with E-state index in [-0.39, 0.29) is 0 Å². The first-order valence-electron chi connectivity index (χ1n) is 8.34. The van der Waals surface area contributed by atoms with Gasteiger partial charge in [-0.05, 0) is 75.0 Å². The van der Waals surface area contributed by atoms with Crippen LogP contribution >= 0.6 is 0 Å². The van der Waals surface area contributed by atoms with Gasteiger partial charge >= 0.3 is 0 Å². The van der Waals surface area contributed by atoms with Gasteiger partial charge in [0.15, 0.2) is 12.6 Å². The van der Waals surface area contributed by atoms with E-state index in [1.54, 1.807) is 0 Å². The molecule has 8 atom stereocenters. The van der Waals surface area contributed by atoms with Crippen molar-refractivity contribution in [2.45, 2.75) is 75.1 Å². The fraction of sp³-hybridized carbons (Fsp3) is 1.00. The molecule has 5 aliphatic rings. The number of ether oxygens (including phenoxy) is 2. The summed E-state index contributed by atoms with van der Waals surface area (Å²) in [5.41, 5.74) is -1.23. The molecule has 4 nitrogen and oxygen atoms in total. The minimum absolute atomic E-state index is 0.369. The van der Waals surface area contributed by atoms with Crippen LogP contribution in [0.25, 0.3) is 0 Å². The minimum Gasteiger partial charge on any atom is -0.366 e. The van der Waals surface area contributed by atoms with Crippen LogP contribution in [0.15, 0.2) is 0 Å². The lowest BCUT2D eigenvalue weighted by molar-refractivity contribution is -0.420. The third-order valence-electron chi connectivity index (χ3n) is 7.18. The van der Waals surface area contributed by atoms with Gasteiger partial charge in [-0.1, -0.05) is 0 Å². The lowest BCUT2D eigenvalue weighted by Crippen LogP contribution is -2.67. The highest BCUT2D eigenvalue weighted by Gasteiger charge is 2.67. The molecule has 0 aromatic heterocycles. The lowest BCUT2D eigenvalue weighted by atomic mass is 9.78. The molecule has 0 amide bonds. The van der Waals surface area contributed by atoms with Crippen LogP contribution in [0.2, 0.25) is 0 Å². The maximum atomic E-state index is 10.7. The first-order chi connectivity index (χ1) is 9.62. The quantitative estimate of drug-likeness (QED) is 0.710. The molecule has 0 radical (unpaired) electrons. The Kier molecular flexibility index (Phi) is 2.34. The highest BCUT2D eigenvalue weighted by Crippen LogP contribution is 2.62. The summed E-state index contributed by atoms with van der Waals surface area (Å²) in [5, 5.41) is 21.4. The molecule has 4 bridgehead atoms. The predicted molar refractivity (Wildman–Crippen MR) is 70.5 cm³/mol. The highest BCUT2D eigenvalue weighted by molar-refractivity contribution is 5.12. The molecule has 0 aromatic rings. The Morgan fingerprint density at radius 2 is 1.15 bits per heavy atom. The summed E-state index contributed by atoms with van der Waals surface area (Å²) in [4.78, 5) is 0. The van der Waals surface area contributed by atoms with Gasteiger partial charge in [-0.15, -0.1) is 0 Å². The number of aliphatic hydroxyl groups excluding tert-OH is 2. The Morgan fingerprint density at radius 3 is 1.45 bits per heavy atom. The standard InChI is InChI=1S/C16H24O4/c17-13-15(7-9-1-3-11(15)5-9)19-14(18)16(20-13)8-10-2-4-12(16)6-10/h9-14,17-18H,1-8H2. The van der Waals surface area contributed by atoms with E-state index in [2.05, 4.69) is 0 Å². The van der Waals surface area contributed by atoms with Crippen molar-refractivity contribution in [3.63, 3.8) is 0 Å². The monoisotopic (exact) mass is 280 g/mol.